The first-order chi connectivity index (χ1) is 7.04. The molecule has 0 unspecified atom stereocenters. The molecule has 1 amide bonds. The molecule has 1 aliphatic carbocycles. The number of nitrogens with zero attached hydrogens (tertiary/aromatic N) is 1. The molecule has 5 nitrogen and oxygen atoms in total. The lowest BCUT2D eigenvalue weighted by Crippen LogP contribution is -2.59. The molecule has 1 rings (SSSR count). The lowest BCUT2D eigenvalue weighted by Gasteiger charge is -2.43. The average molecular weight is 213 g/mol. The number of hydrogen-bond donors (Lipinski definition) is 1. The number of rotatable bonds is 4. The van der Waals surface area contributed by atoms with Gasteiger partial charge >= 0.3 is 12.1 Å². The summed E-state index contributed by atoms with van der Waals surface area (Å²) in [5, 5.41) is 9.06. The van der Waals surface area contributed by atoms with Crippen LogP contribution in [0.4, 0.5) is 4.79 Å². The average Bonchev–Trinajstić information content (AvgIpc) is 2.11. The number of aliphatic carboxylic acids is 1. The predicted molar refractivity (Wildman–Crippen MR) is 53.5 cm³/mol. The van der Waals surface area contributed by atoms with Gasteiger partial charge in [0.2, 0.25) is 0 Å². The molecule has 0 radical (unpaired) electrons. The van der Waals surface area contributed by atoms with Gasteiger partial charge in [0.05, 0.1) is 0 Å². The Bertz CT molecular complexity index is 283. The van der Waals surface area contributed by atoms with Crippen molar-refractivity contribution in [3.8, 4) is 0 Å². The summed E-state index contributed by atoms with van der Waals surface area (Å²) in [6, 6.07) is 0. The van der Waals surface area contributed by atoms with Gasteiger partial charge in [-0.2, -0.15) is 0 Å². The summed E-state index contributed by atoms with van der Waals surface area (Å²) >= 11 is 0. The van der Waals surface area contributed by atoms with Crippen LogP contribution in [-0.2, 0) is 9.53 Å². The Balaban J connectivity index is 2.65. The number of hydrogen-bond acceptors (Lipinski definition) is 3. The molecule has 1 fully saturated rings. The fraction of sp³-hybridized carbons (Fsp3) is 0.600. The van der Waals surface area contributed by atoms with E-state index in [1.54, 1.807) is 0 Å². The second-order valence-electron chi connectivity index (χ2n) is 3.61. The van der Waals surface area contributed by atoms with Gasteiger partial charge in [0.1, 0.15) is 12.1 Å². The first-order valence-electron chi connectivity index (χ1n) is 4.79. The molecule has 84 valence electrons. The summed E-state index contributed by atoms with van der Waals surface area (Å²) in [5.41, 5.74) is -1.06. The minimum absolute atomic E-state index is 0.0961. The van der Waals surface area contributed by atoms with Crippen molar-refractivity contribution >= 4 is 12.1 Å². The highest BCUT2D eigenvalue weighted by Crippen LogP contribution is 2.37. The largest absolute Gasteiger partial charge is 0.479 e. The van der Waals surface area contributed by atoms with Crippen molar-refractivity contribution in [3.05, 3.63) is 12.7 Å². The molecule has 15 heavy (non-hydrogen) atoms. The van der Waals surface area contributed by atoms with Crippen LogP contribution >= 0.6 is 0 Å². The van der Waals surface area contributed by atoms with Crippen LogP contribution in [0.15, 0.2) is 12.7 Å². The van der Waals surface area contributed by atoms with Crippen LogP contribution in [0, 0.1) is 0 Å². The maximum Gasteiger partial charge on any atom is 0.410 e. The fourth-order valence-corrected chi connectivity index (χ4v) is 1.61. The number of ether oxygens (including phenoxy) is 1. The van der Waals surface area contributed by atoms with Gasteiger partial charge < -0.3 is 9.84 Å². The Morgan fingerprint density at radius 3 is 2.53 bits per heavy atom. The zero-order chi connectivity index (χ0) is 11.5. The zero-order valence-electron chi connectivity index (χ0n) is 8.73. The third-order valence-electron chi connectivity index (χ3n) is 2.82. The van der Waals surface area contributed by atoms with Crippen molar-refractivity contribution in [2.75, 3.05) is 13.7 Å². The van der Waals surface area contributed by atoms with E-state index < -0.39 is 17.6 Å². The van der Waals surface area contributed by atoms with Gasteiger partial charge in [-0.15, -0.1) is 0 Å². The normalized spacial score (nSPS) is 17.4. The standard InChI is InChI=1S/C10H15NO4/c1-3-7-15-9(14)11(2)10(8(12)13)5-4-6-10/h3H,1,4-7H2,2H3,(H,12,13). The van der Waals surface area contributed by atoms with Crippen LogP contribution in [0.2, 0.25) is 0 Å². The SMILES string of the molecule is C=CCOC(=O)N(C)C1(C(=O)O)CCC1. The molecule has 0 heterocycles. The van der Waals surface area contributed by atoms with E-state index in [0.29, 0.717) is 12.8 Å². The molecule has 0 bridgehead atoms. The Kier molecular flexibility index (Phi) is 3.34. The van der Waals surface area contributed by atoms with Crippen LogP contribution in [0.1, 0.15) is 19.3 Å². The number of carboxylic acid groups (broad SMARTS) is 1. The predicted octanol–water partition coefficient (Wildman–Crippen LogP) is 1.25. The number of carbonyl (C=O) groups is 2. The van der Waals surface area contributed by atoms with E-state index in [0.717, 1.165) is 6.42 Å². The summed E-state index contributed by atoms with van der Waals surface area (Å²) in [4.78, 5) is 23.7. The van der Waals surface area contributed by atoms with Gasteiger partial charge in [-0.3, -0.25) is 4.90 Å². The first kappa shape index (κ1) is 11.6. The maximum atomic E-state index is 11.4. The zero-order valence-corrected chi connectivity index (χ0v) is 8.73. The first-order valence-corrected chi connectivity index (χ1v) is 4.79. The molecule has 5 heteroatoms. The van der Waals surface area contributed by atoms with Crippen molar-refractivity contribution in [3.63, 3.8) is 0 Å². The smallest absolute Gasteiger partial charge is 0.410 e. The summed E-state index contributed by atoms with van der Waals surface area (Å²) in [6.07, 6.45) is 2.63. The van der Waals surface area contributed by atoms with Crippen molar-refractivity contribution in [1.82, 2.24) is 4.90 Å². The molecule has 0 aromatic heterocycles. The Hall–Kier alpha value is -1.52. The fourth-order valence-electron chi connectivity index (χ4n) is 1.61. The van der Waals surface area contributed by atoms with Gasteiger partial charge in [0, 0.05) is 7.05 Å². The lowest BCUT2D eigenvalue weighted by molar-refractivity contribution is -0.155. The topological polar surface area (TPSA) is 66.8 Å². The van der Waals surface area contributed by atoms with E-state index in [1.165, 1.54) is 18.0 Å². The Labute approximate surface area is 88.3 Å². The molecule has 0 aromatic rings. The number of carboxylic acids is 1. The van der Waals surface area contributed by atoms with Gasteiger partial charge in [0.15, 0.2) is 0 Å². The molecular weight excluding hydrogens is 198 g/mol. The van der Waals surface area contributed by atoms with Crippen LogP contribution in [-0.4, -0.2) is 41.3 Å². The van der Waals surface area contributed by atoms with Crippen LogP contribution < -0.4 is 0 Å². The van der Waals surface area contributed by atoms with Crippen LogP contribution in [0.5, 0.6) is 0 Å². The molecule has 0 saturated heterocycles. The summed E-state index contributed by atoms with van der Waals surface area (Å²) in [6.45, 7) is 3.51. The highest BCUT2D eigenvalue weighted by atomic mass is 16.6. The summed E-state index contributed by atoms with van der Waals surface area (Å²) in [5.74, 6) is -0.966. The minimum Gasteiger partial charge on any atom is -0.479 e. The van der Waals surface area contributed by atoms with Crippen molar-refractivity contribution in [2.45, 2.75) is 24.8 Å². The maximum absolute atomic E-state index is 11.4. The number of carbonyl (C=O) groups excluding carboxylic acids is 1. The van der Waals surface area contributed by atoms with Crippen molar-refractivity contribution < 1.29 is 19.4 Å². The van der Waals surface area contributed by atoms with Crippen LogP contribution in [0.3, 0.4) is 0 Å². The lowest BCUT2D eigenvalue weighted by atomic mass is 9.76. The van der Waals surface area contributed by atoms with Crippen LogP contribution in [0.25, 0.3) is 0 Å². The van der Waals surface area contributed by atoms with Gasteiger partial charge in [-0.05, 0) is 19.3 Å². The van der Waals surface area contributed by atoms with E-state index in [2.05, 4.69) is 6.58 Å². The molecular formula is C10H15NO4. The molecule has 0 aromatic carbocycles. The third-order valence-corrected chi connectivity index (χ3v) is 2.82. The van der Waals surface area contributed by atoms with Gasteiger partial charge in [-0.1, -0.05) is 12.7 Å². The van der Waals surface area contributed by atoms with Crippen molar-refractivity contribution in [2.24, 2.45) is 0 Å². The number of likely N-dealkylation sites (N-methyl/N-ethyl adjacent to an activating group) is 1. The Morgan fingerprint density at radius 1 is 1.60 bits per heavy atom. The highest BCUT2D eigenvalue weighted by molar-refractivity contribution is 5.85. The van der Waals surface area contributed by atoms with E-state index in [-0.39, 0.29) is 6.61 Å². The van der Waals surface area contributed by atoms with Crippen molar-refractivity contribution in [1.29, 1.82) is 0 Å². The van der Waals surface area contributed by atoms with Gasteiger partial charge in [-0.25, -0.2) is 9.59 Å². The molecule has 0 spiro atoms. The monoisotopic (exact) mass is 213 g/mol. The van der Waals surface area contributed by atoms with E-state index >= 15 is 0 Å². The quantitative estimate of drug-likeness (QED) is 0.713. The molecule has 0 atom stereocenters. The second-order valence-corrected chi connectivity index (χ2v) is 3.61. The van der Waals surface area contributed by atoms with E-state index in [1.807, 2.05) is 0 Å². The molecule has 1 saturated carbocycles. The molecule has 0 aliphatic heterocycles. The Morgan fingerprint density at radius 2 is 2.20 bits per heavy atom. The highest BCUT2D eigenvalue weighted by Gasteiger charge is 2.50. The van der Waals surface area contributed by atoms with Gasteiger partial charge in [0.25, 0.3) is 0 Å². The minimum atomic E-state index is -1.06. The summed E-state index contributed by atoms with van der Waals surface area (Å²) < 4.78 is 4.79. The molecule has 1 N–H and O–H groups in total. The number of amides is 1. The van der Waals surface area contributed by atoms with E-state index in [4.69, 9.17) is 9.84 Å². The second kappa shape index (κ2) is 4.33. The summed E-state index contributed by atoms with van der Waals surface area (Å²) in [7, 11) is 1.46. The molecule has 1 aliphatic rings. The third kappa shape index (κ3) is 1.95. The van der Waals surface area contributed by atoms with E-state index in [9.17, 15) is 9.59 Å².